The van der Waals surface area contributed by atoms with Crippen molar-refractivity contribution in [3.63, 3.8) is 0 Å². The zero-order chi connectivity index (χ0) is 9.36. The minimum Gasteiger partial charge on any atom is -0.386 e. The van der Waals surface area contributed by atoms with Crippen LogP contribution in [-0.4, -0.2) is 10.7 Å². The van der Waals surface area contributed by atoms with Crippen molar-refractivity contribution in [2.75, 3.05) is 0 Å². The maximum absolute atomic E-state index is 10.0. The van der Waals surface area contributed by atoms with E-state index in [1.54, 1.807) is 6.08 Å². The highest BCUT2D eigenvalue weighted by molar-refractivity contribution is 5.03. The molecule has 2 aliphatic carbocycles. The second-order valence-electron chi connectivity index (χ2n) is 5.01. The summed E-state index contributed by atoms with van der Waals surface area (Å²) < 4.78 is 0. The third-order valence-corrected chi connectivity index (χ3v) is 4.22. The lowest BCUT2D eigenvalue weighted by molar-refractivity contribution is 0.00590. The van der Waals surface area contributed by atoms with Crippen LogP contribution in [0.4, 0.5) is 0 Å². The number of hydrogen-bond acceptors (Lipinski definition) is 1. The van der Waals surface area contributed by atoms with Crippen molar-refractivity contribution < 1.29 is 5.11 Å². The molecule has 0 atom stereocenters. The van der Waals surface area contributed by atoms with Crippen LogP contribution in [0.15, 0.2) is 12.7 Å². The van der Waals surface area contributed by atoms with Gasteiger partial charge in [-0.05, 0) is 43.9 Å². The standard InChI is InChI=1S/C12H20O/c1-2-12(13)9-7-11(8-10-12)5-3-4-6-11/h2,13H,1,3-10H2. The van der Waals surface area contributed by atoms with Crippen molar-refractivity contribution >= 4 is 0 Å². The van der Waals surface area contributed by atoms with E-state index in [1.807, 2.05) is 0 Å². The summed E-state index contributed by atoms with van der Waals surface area (Å²) in [5, 5.41) is 10.0. The van der Waals surface area contributed by atoms with E-state index in [9.17, 15) is 5.11 Å². The molecule has 0 aromatic heterocycles. The van der Waals surface area contributed by atoms with Crippen molar-refractivity contribution in [3.8, 4) is 0 Å². The van der Waals surface area contributed by atoms with E-state index in [-0.39, 0.29) is 0 Å². The largest absolute Gasteiger partial charge is 0.386 e. The van der Waals surface area contributed by atoms with Gasteiger partial charge in [0.2, 0.25) is 0 Å². The molecule has 0 aromatic rings. The van der Waals surface area contributed by atoms with E-state index in [0.29, 0.717) is 5.41 Å². The first-order chi connectivity index (χ1) is 6.18. The van der Waals surface area contributed by atoms with Gasteiger partial charge in [-0.25, -0.2) is 0 Å². The van der Waals surface area contributed by atoms with Crippen LogP contribution >= 0.6 is 0 Å². The molecule has 2 fully saturated rings. The summed E-state index contributed by atoms with van der Waals surface area (Å²) in [6.07, 6.45) is 11.7. The van der Waals surface area contributed by atoms with Crippen molar-refractivity contribution in [1.82, 2.24) is 0 Å². The first-order valence-corrected chi connectivity index (χ1v) is 5.54. The van der Waals surface area contributed by atoms with Gasteiger partial charge in [-0.15, -0.1) is 6.58 Å². The summed E-state index contributed by atoms with van der Waals surface area (Å²) >= 11 is 0. The van der Waals surface area contributed by atoms with Gasteiger partial charge in [-0.3, -0.25) is 0 Å². The quantitative estimate of drug-likeness (QED) is 0.615. The highest BCUT2D eigenvalue weighted by atomic mass is 16.3. The van der Waals surface area contributed by atoms with Gasteiger partial charge in [0.05, 0.1) is 5.60 Å². The van der Waals surface area contributed by atoms with Gasteiger partial charge in [0.15, 0.2) is 0 Å². The fourth-order valence-electron chi connectivity index (χ4n) is 3.04. The Morgan fingerprint density at radius 2 is 1.46 bits per heavy atom. The molecule has 1 nitrogen and oxygen atoms in total. The molecule has 0 unspecified atom stereocenters. The lowest BCUT2D eigenvalue weighted by atomic mass is 9.68. The minimum absolute atomic E-state index is 0.534. The molecule has 74 valence electrons. The van der Waals surface area contributed by atoms with Crippen LogP contribution in [0.5, 0.6) is 0 Å². The molecular weight excluding hydrogens is 160 g/mol. The summed E-state index contributed by atoms with van der Waals surface area (Å²) in [6, 6.07) is 0. The Bertz CT molecular complexity index is 191. The Hall–Kier alpha value is -0.300. The molecule has 0 heterocycles. The Morgan fingerprint density at radius 1 is 0.923 bits per heavy atom. The SMILES string of the molecule is C=CC1(O)CCC2(CCCC2)CC1. The van der Waals surface area contributed by atoms with Gasteiger partial charge in [-0.1, -0.05) is 18.9 Å². The molecule has 2 rings (SSSR count). The highest BCUT2D eigenvalue weighted by Crippen LogP contribution is 2.51. The lowest BCUT2D eigenvalue weighted by Gasteiger charge is -2.40. The fourth-order valence-corrected chi connectivity index (χ4v) is 3.04. The topological polar surface area (TPSA) is 20.2 Å². The van der Waals surface area contributed by atoms with E-state index in [1.165, 1.54) is 38.5 Å². The first-order valence-electron chi connectivity index (χ1n) is 5.54. The molecule has 0 amide bonds. The maximum atomic E-state index is 10.0. The maximum Gasteiger partial charge on any atom is 0.0825 e. The van der Waals surface area contributed by atoms with E-state index >= 15 is 0 Å². The van der Waals surface area contributed by atoms with Crippen LogP contribution in [0.25, 0.3) is 0 Å². The smallest absolute Gasteiger partial charge is 0.0825 e. The van der Waals surface area contributed by atoms with E-state index in [4.69, 9.17) is 0 Å². The molecule has 2 aliphatic rings. The van der Waals surface area contributed by atoms with Gasteiger partial charge < -0.3 is 5.11 Å². The molecule has 0 saturated heterocycles. The molecule has 1 N–H and O–H groups in total. The summed E-state index contributed by atoms with van der Waals surface area (Å²) in [4.78, 5) is 0. The lowest BCUT2D eigenvalue weighted by Crippen LogP contribution is -2.36. The second-order valence-corrected chi connectivity index (χ2v) is 5.01. The van der Waals surface area contributed by atoms with Crippen molar-refractivity contribution in [2.45, 2.75) is 57.0 Å². The van der Waals surface area contributed by atoms with Crippen LogP contribution < -0.4 is 0 Å². The molecule has 0 radical (unpaired) electrons. The minimum atomic E-state index is -0.534. The Labute approximate surface area is 80.8 Å². The van der Waals surface area contributed by atoms with Gasteiger partial charge >= 0.3 is 0 Å². The molecular formula is C12H20O. The van der Waals surface area contributed by atoms with Crippen LogP contribution in [0, 0.1) is 5.41 Å². The molecule has 0 bridgehead atoms. The van der Waals surface area contributed by atoms with Crippen LogP contribution in [0.3, 0.4) is 0 Å². The number of hydrogen-bond donors (Lipinski definition) is 1. The second kappa shape index (κ2) is 3.13. The van der Waals surface area contributed by atoms with Gasteiger partial charge in [0, 0.05) is 0 Å². The molecule has 2 saturated carbocycles. The number of rotatable bonds is 1. The Morgan fingerprint density at radius 3 is 1.92 bits per heavy atom. The van der Waals surface area contributed by atoms with Gasteiger partial charge in [-0.2, -0.15) is 0 Å². The van der Waals surface area contributed by atoms with Crippen LogP contribution in [0.1, 0.15) is 51.4 Å². The normalized spacial score (nSPS) is 30.5. The molecule has 1 heteroatoms. The zero-order valence-electron chi connectivity index (χ0n) is 8.39. The van der Waals surface area contributed by atoms with E-state index < -0.39 is 5.60 Å². The van der Waals surface area contributed by atoms with Crippen LogP contribution in [-0.2, 0) is 0 Å². The predicted molar refractivity (Wildman–Crippen MR) is 54.5 cm³/mol. The van der Waals surface area contributed by atoms with Crippen molar-refractivity contribution in [2.24, 2.45) is 5.41 Å². The van der Waals surface area contributed by atoms with Crippen molar-refractivity contribution in [3.05, 3.63) is 12.7 Å². The molecule has 0 aromatic carbocycles. The van der Waals surface area contributed by atoms with E-state index in [0.717, 1.165) is 12.8 Å². The first kappa shape index (κ1) is 9.26. The number of aliphatic hydroxyl groups is 1. The Kier molecular flexibility index (Phi) is 2.23. The molecule has 1 spiro atoms. The van der Waals surface area contributed by atoms with Crippen molar-refractivity contribution in [1.29, 1.82) is 0 Å². The van der Waals surface area contributed by atoms with Gasteiger partial charge in [0.25, 0.3) is 0 Å². The third-order valence-electron chi connectivity index (χ3n) is 4.22. The summed E-state index contributed by atoms with van der Waals surface area (Å²) in [7, 11) is 0. The molecule has 0 aliphatic heterocycles. The molecule has 13 heavy (non-hydrogen) atoms. The summed E-state index contributed by atoms with van der Waals surface area (Å²) in [6.45, 7) is 3.72. The highest BCUT2D eigenvalue weighted by Gasteiger charge is 2.41. The average Bonchev–Trinajstić information content (AvgIpc) is 2.61. The predicted octanol–water partition coefficient (Wildman–Crippen LogP) is 3.04. The zero-order valence-corrected chi connectivity index (χ0v) is 8.39. The van der Waals surface area contributed by atoms with Gasteiger partial charge in [0.1, 0.15) is 0 Å². The Balaban J connectivity index is 1.99. The van der Waals surface area contributed by atoms with E-state index in [2.05, 4.69) is 6.58 Å². The average molecular weight is 180 g/mol. The third kappa shape index (κ3) is 1.67. The monoisotopic (exact) mass is 180 g/mol. The fraction of sp³-hybridized carbons (Fsp3) is 0.833. The summed E-state index contributed by atoms with van der Waals surface area (Å²) in [5.41, 5.74) is 0.0864. The van der Waals surface area contributed by atoms with Crippen LogP contribution in [0.2, 0.25) is 0 Å². The summed E-state index contributed by atoms with van der Waals surface area (Å²) in [5.74, 6) is 0.